The molecule has 1 aliphatic rings. The van der Waals surface area contributed by atoms with E-state index >= 15 is 0 Å². The molecule has 0 fully saturated rings. The molecule has 1 heterocycles. The third-order valence-corrected chi connectivity index (χ3v) is 5.80. The lowest BCUT2D eigenvalue weighted by Crippen LogP contribution is -2.13. The Morgan fingerprint density at radius 2 is 1.79 bits per heavy atom. The van der Waals surface area contributed by atoms with E-state index in [0.717, 1.165) is 35.5 Å². The Labute approximate surface area is 180 Å². The van der Waals surface area contributed by atoms with Gasteiger partial charge in [-0.2, -0.15) is 0 Å². The second kappa shape index (κ2) is 8.58. The van der Waals surface area contributed by atoms with E-state index in [0.29, 0.717) is 28.5 Å². The lowest BCUT2D eigenvalue weighted by Gasteiger charge is -2.21. The number of fused-ring (bicyclic) bond motifs is 1. The highest BCUT2D eigenvalue weighted by Crippen LogP contribution is 2.41. The molecule has 0 aliphatic carbocycles. The zero-order valence-electron chi connectivity index (χ0n) is 15.9. The predicted octanol–water partition coefficient (Wildman–Crippen LogP) is 6.31. The van der Waals surface area contributed by atoms with Crippen molar-refractivity contribution in [1.82, 2.24) is 0 Å². The number of benzene rings is 3. The first-order chi connectivity index (χ1) is 14.1. The molecule has 29 heavy (non-hydrogen) atoms. The van der Waals surface area contributed by atoms with Gasteiger partial charge in [0.15, 0.2) is 5.78 Å². The van der Waals surface area contributed by atoms with Crippen LogP contribution in [0.2, 0.25) is 10.0 Å². The molecule has 3 nitrogen and oxygen atoms in total. The number of anilines is 2. The Morgan fingerprint density at radius 3 is 2.59 bits per heavy atom. The van der Waals surface area contributed by atoms with E-state index < -0.39 is 0 Å². The summed E-state index contributed by atoms with van der Waals surface area (Å²) in [6.07, 6.45) is 1.79. The molecule has 1 N–H and O–H groups in total. The molecular weight excluding hydrogens is 405 g/mol. The first-order valence-corrected chi connectivity index (χ1v) is 10.4. The molecule has 0 saturated heterocycles. The van der Waals surface area contributed by atoms with Gasteiger partial charge >= 0.3 is 0 Å². The van der Waals surface area contributed by atoms with Gasteiger partial charge in [-0.15, -0.1) is 0 Å². The highest BCUT2D eigenvalue weighted by atomic mass is 35.5. The molecule has 148 valence electrons. The standard InChI is InChI=1S/C24H21Cl2NO2/c25-20-8-9-22(21(26)15-20)27-11-10-16-6-7-18(14-23(16)27)17-3-1-4-19(13-17)24(29)5-2-12-28/h1,3-4,6-9,13-15,28H,2,5,10-12H2. The third-order valence-electron chi connectivity index (χ3n) is 5.26. The zero-order valence-corrected chi connectivity index (χ0v) is 17.4. The Kier molecular flexibility index (Phi) is 5.91. The van der Waals surface area contributed by atoms with Crippen LogP contribution in [0.25, 0.3) is 11.1 Å². The van der Waals surface area contributed by atoms with Crippen LogP contribution in [0, 0.1) is 0 Å². The van der Waals surface area contributed by atoms with Gasteiger partial charge in [0.2, 0.25) is 0 Å². The number of aliphatic hydroxyl groups excluding tert-OH is 1. The molecule has 4 rings (SSSR count). The Morgan fingerprint density at radius 1 is 0.966 bits per heavy atom. The fraction of sp³-hybridized carbons (Fsp3) is 0.208. The summed E-state index contributed by atoms with van der Waals surface area (Å²) in [5.41, 5.74) is 6.07. The summed E-state index contributed by atoms with van der Waals surface area (Å²) in [7, 11) is 0. The average Bonchev–Trinajstić information content (AvgIpc) is 3.15. The maximum atomic E-state index is 12.3. The number of nitrogens with zero attached hydrogens (tertiary/aromatic N) is 1. The van der Waals surface area contributed by atoms with E-state index in [2.05, 4.69) is 23.1 Å². The van der Waals surface area contributed by atoms with Gasteiger partial charge in [0.25, 0.3) is 0 Å². The van der Waals surface area contributed by atoms with Crippen LogP contribution in [0.1, 0.15) is 28.8 Å². The molecule has 1 aliphatic heterocycles. The minimum Gasteiger partial charge on any atom is -0.396 e. The van der Waals surface area contributed by atoms with E-state index in [-0.39, 0.29) is 12.4 Å². The largest absolute Gasteiger partial charge is 0.396 e. The van der Waals surface area contributed by atoms with Gasteiger partial charge in [-0.1, -0.05) is 53.5 Å². The number of carbonyl (C=O) groups is 1. The van der Waals surface area contributed by atoms with Crippen molar-refractivity contribution in [3.8, 4) is 11.1 Å². The van der Waals surface area contributed by atoms with Crippen molar-refractivity contribution >= 4 is 40.4 Å². The summed E-state index contributed by atoms with van der Waals surface area (Å²) in [5, 5.41) is 10.2. The SMILES string of the molecule is O=C(CCCO)c1cccc(-c2ccc3c(c2)N(c2ccc(Cl)cc2Cl)CC3)c1. The number of halogens is 2. The van der Waals surface area contributed by atoms with Crippen molar-refractivity contribution in [2.75, 3.05) is 18.1 Å². The Balaban J connectivity index is 1.67. The fourth-order valence-electron chi connectivity index (χ4n) is 3.77. The Hall–Kier alpha value is -2.33. The molecule has 3 aromatic carbocycles. The second-order valence-corrected chi connectivity index (χ2v) is 8.02. The normalized spacial score (nSPS) is 12.9. The summed E-state index contributed by atoms with van der Waals surface area (Å²) in [6.45, 7) is 0.888. The topological polar surface area (TPSA) is 40.5 Å². The number of hydrogen-bond acceptors (Lipinski definition) is 3. The van der Waals surface area contributed by atoms with Crippen LogP contribution < -0.4 is 4.90 Å². The van der Waals surface area contributed by atoms with E-state index in [1.807, 2.05) is 36.4 Å². The van der Waals surface area contributed by atoms with Crippen LogP contribution in [0.3, 0.4) is 0 Å². The van der Waals surface area contributed by atoms with E-state index in [4.69, 9.17) is 28.3 Å². The van der Waals surface area contributed by atoms with Crippen molar-refractivity contribution < 1.29 is 9.90 Å². The van der Waals surface area contributed by atoms with E-state index in [1.54, 1.807) is 6.07 Å². The molecule has 3 aromatic rings. The number of rotatable bonds is 6. The quantitative estimate of drug-likeness (QED) is 0.470. The molecule has 0 bridgehead atoms. The number of ketones is 1. The Bertz CT molecular complexity index is 1060. The van der Waals surface area contributed by atoms with Gasteiger partial charge in [-0.05, 0) is 59.9 Å². The van der Waals surface area contributed by atoms with Crippen LogP contribution in [0.15, 0.2) is 60.7 Å². The van der Waals surface area contributed by atoms with Crippen molar-refractivity contribution in [2.45, 2.75) is 19.3 Å². The smallest absolute Gasteiger partial charge is 0.162 e. The number of carbonyl (C=O) groups excluding carboxylic acids is 1. The van der Waals surface area contributed by atoms with Crippen molar-refractivity contribution in [3.63, 3.8) is 0 Å². The predicted molar refractivity (Wildman–Crippen MR) is 120 cm³/mol. The summed E-state index contributed by atoms with van der Waals surface area (Å²) < 4.78 is 0. The van der Waals surface area contributed by atoms with Crippen molar-refractivity contribution in [1.29, 1.82) is 0 Å². The summed E-state index contributed by atoms with van der Waals surface area (Å²) in [6, 6.07) is 19.7. The highest BCUT2D eigenvalue weighted by Gasteiger charge is 2.23. The maximum absolute atomic E-state index is 12.3. The monoisotopic (exact) mass is 425 g/mol. The van der Waals surface area contributed by atoms with Crippen LogP contribution >= 0.6 is 23.2 Å². The zero-order chi connectivity index (χ0) is 20.4. The molecule has 0 radical (unpaired) electrons. The van der Waals surface area contributed by atoms with Gasteiger partial charge in [-0.25, -0.2) is 0 Å². The number of Topliss-reactive ketones (excluding diaryl/α,β-unsaturated/α-hetero) is 1. The van der Waals surface area contributed by atoms with Gasteiger partial charge in [0, 0.05) is 35.8 Å². The third kappa shape index (κ3) is 4.18. The molecule has 0 unspecified atom stereocenters. The maximum Gasteiger partial charge on any atom is 0.162 e. The van der Waals surface area contributed by atoms with Crippen LogP contribution in [-0.4, -0.2) is 24.0 Å². The van der Waals surface area contributed by atoms with E-state index in [9.17, 15) is 4.79 Å². The van der Waals surface area contributed by atoms with Crippen LogP contribution in [-0.2, 0) is 6.42 Å². The molecule has 5 heteroatoms. The van der Waals surface area contributed by atoms with E-state index in [1.165, 1.54) is 5.56 Å². The van der Waals surface area contributed by atoms with Crippen molar-refractivity contribution in [2.24, 2.45) is 0 Å². The fourth-order valence-corrected chi connectivity index (χ4v) is 4.28. The van der Waals surface area contributed by atoms with Crippen molar-refractivity contribution in [3.05, 3.63) is 81.8 Å². The minimum atomic E-state index is 0.0271. The minimum absolute atomic E-state index is 0.0271. The highest BCUT2D eigenvalue weighted by molar-refractivity contribution is 6.36. The second-order valence-electron chi connectivity index (χ2n) is 7.17. The van der Waals surface area contributed by atoms with Gasteiger partial charge < -0.3 is 10.0 Å². The molecule has 0 saturated carbocycles. The molecule has 0 amide bonds. The number of aliphatic hydroxyl groups is 1. The van der Waals surface area contributed by atoms with Crippen LogP contribution in [0.5, 0.6) is 0 Å². The number of hydrogen-bond donors (Lipinski definition) is 1. The molecule has 0 aromatic heterocycles. The summed E-state index contributed by atoms with van der Waals surface area (Å²) in [5.74, 6) is 0.0524. The van der Waals surface area contributed by atoms with Gasteiger partial charge in [0.05, 0.1) is 10.7 Å². The molecular formula is C24H21Cl2NO2. The lowest BCUT2D eigenvalue weighted by molar-refractivity contribution is 0.0971. The summed E-state index contributed by atoms with van der Waals surface area (Å²) >= 11 is 12.5. The average molecular weight is 426 g/mol. The van der Waals surface area contributed by atoms with Crippen LogP contribution in [0.4, 0.5) is 11.4 Å². The lowest BCUT2D eigenvalue weighted by atomic mass is 9.98. The first kappa shape index (κ1) is 20.0. The molecule has 0 spiro atoms. The van der Waals surface area contributed by atoms with Gasteiger partial charge in [-0.3, -0.25) is 4.79 Å². The summed E-state index contributed by atoms with van der Waals surface area (Å²) in [4.78, 5) is 14.5. The first-order valence-electron chi connectivity index (χ1n) is 9.67. The molecule has 0 atom stereocenters. The van der Waals surface area contributed by atoms with Gasteiger partial charge in [0.1, 0.15) is 0 Å².